The number of fused-ring (bicyclic) bond motifs is 1. The van der Waals surface area contributed by atoms with Crippen molar-refractivity contribution in [3.63, 3.8) is 0 Å². The summed E-state index contributed by atoms with van der Waals surface area (Å²) in [5, 5.41) is 0.837. The zero-order valence-electron chi connectivity index (χ0n) is 15.1. The number of carbonyl (C=O) groups is 1. The van der Waals surface area contributed by atoms with Gasteiger partial charge in [-0.1, -0.05) is 6.07 Å². The molecular weight excluding hydrogens is 401 g/mol. The lowest BCUT2D eigenvalue weighted by molar-refractivity contribution is 0.100. The Balaban J connectivity index is 1.71. The van der Waals surface area contributed by atoms with E-state index in [9.17, 15) is 17.6 Å². The first-order chi connectivity index (χ1) is 13.3. The van der Waals surface area contributed by atoms with E-state index >= 15 is 0 Å². The van der Waals surface area contributed by atoms with Crippen LogP contribution in [0, 0.1) is 12.7 Å². The minimum Gasteiger partial charge on any atom is -0.365 e. The molecule has 9 heteroatoms. The Morgan fingerprint density at radius 2 is 2.14 bits per heavy atom. The van der Waals surface area contributed by atoms with E-state index < -0.39 is 21.7 Å². The quantitative estimate of drug-likeness (QED) is 0.703. The van der Waals surface area contributed by atoms with Gasteiger partial charge in [0.1, 0.15) is 10.6 Å². The van der Waals surface area contributed by atoms with Gasteiger partial charge in [-0.3, -0.25) is 4.79 Å². The predicted octanol–water partition coefficient (Wildman–Crippen LogP) is 3.02. The molecule has 1 aliphatic rings. The fourth-order valence-corrected chi connectivity index (χ4v) is 6.55. The molecule has 1 fully saturated rings. The van der Waals surface area contributed by atoms with Crippen molar-refractivity contribution in [3.05, 3.63) is 58.3 Å². The molecule has 0 radical (unpaired) electrons. The van der Waals surface area contributed by atoms with Crippen molar-refractivity contribution < 1.29 is 17.6 Å². The molecule has 1 atom stereocenters. The van der Waals surface area contributed by atoms with E-state index in [0.29, 0.717) is 28.2 Å². The van der Waals surface area contributed by atoms with Crippen molar-refractivity contribution in [2.75, 3.05) is 13.1 Å². The maximum absolute atomic E-state index is 13.4. The molecule has 0 unspecified atom stereocenters. The molecular formula is C19H18FN3O3S2. The fraction of sp³-hybridized carbons (Fsp3) is 0.263. The van der Waals surface area contributed by atoms with Gasteiger partial charge < -0.3 is 5.73 Å². The summed E-state index contributed by atoms with van der Waals surface area (Å²) in [5.41, 5.74) is 6.71. The summed E-state index contributed by atoms with van der Waals surface area (Å²) in [5.74, 6) is -1.16. The second-order valence-corrected chi connectivity index (χ2v) is 9.73. The van der Waals surface area contributed by atoms with E-state index in [-0.39, 0.29) is 17.4 Å². The van der Waals surface area contributed by atoms with Gasteiger partial charge in [0.15, 0.2) is 0 Å². The molecule has 1 aliphatic heterocycles. The van der Waals surface area contributed by atoms with Crippen LogP contribution in [0.5, 0.6) is 0 Å². The first-order valence-corrected chi connectivity index (χ1v) is 11.0. The number of carbonyl (C=O) groups excluding carboxylic acids is 1. The van der Waals surface area contributed by atoms with Crippen molar-refractivity contribution in [1.82, 2.24) is 9.29 Å². The van der Waals surface area contributed by atoms with Crippen LogP contribution < -0.4 is 5.73 Å². The second-order valence-electron chi connectivity index (χ2n) is 6.82. The number of primary amides is 1. The Morgan fingerprint density at radius 3 is 2.86 bits per heavy atom. The van der Waals surface area contributed by atoms with Crippen molar-refractivity contribution >= 4 is 37.5 Å². The third kappa shape index (κ3) is 3.09. The van der Waals surface area contributed by atoms with Gasteiger partial charge in [0.2, 0.25) is 10.0 Å². The molecule has 0 aliphatic carbocycles. The van der Waals surface area contributed by atoms with Crippen molar-refractivity contribution in [2.24, 2.45) is 5.73 Å². The number of amides is 1. The number of pyridine rings is 1. The summed E-state index contributed by atoms with van der Waals surface area (Å²) in [6.45, 7) is 2.13. The molecule has 1 saturated heterocycles. The average Bonchev–Trinajstić information content (AvgIpc) is 3.26. The first kappa shape index (κ1) is 19.0. The zero-order valence-corrected chi connectivity index (χ0v) is 16.7. The number of sulfonamides is 1. The topological polar surface area (TPSA) is 93.4 Å². The van der Waals surface area contributed by atoms with Gasteiger partial charge in [-0.2, -0.15) is 4.31 Å². The lowest BCUT2D eigenvalue weighted by Crippen LogP contribution is -2.29. The minimum absolute atomic E-state index is 0.0986. The molecule has 0 bridgehead atoms. The summed E-state index contributed by atoms with van der Waals surface area (Å²) < 4.78 is 40.9. The van der Waals surface area contributed by atoms with Crippen LogP contribution in [-0.4, -0.2) is 36.7 Å². The highest BCUT2D eigenvalue weighted by Gasteiger charge is 2.36. The predicted molar refractivity (Wildman–Crippen MR) is 105 cm³/mol. The second kappa shape index (κ2) is 6.91. The van der Waals surface area contributed by atoms with Gasteiger partial charge in [0.05, 0.1) is 9.77 Å². The molecule has 4 rings (SSSR count). The number of aryl methyl sites for hydroxylation is 1. The fourth-order valence-electron chi connectivity index (χ4n) is 3.76. The van der Waals surface area contributed by atoms with Crippen molar-refractivity contribution in [3.8, 4) is 0 Å². The number of nitrogens with two attached hydrogens (primary N) is 1. The first-order valence-electron chi connectivity index (χ1n) is 8.72. The third-order valence-electron chi connectivity index (χ3n) is 5.04. The van der Waals surface area contributed by atoms with Crippen LogP contribution in [0.3, 0.4) is 0 Å². The van der Waals surface area contributed by atoms with Crippen molar-refractivity contribution in [1.29, 1.82) is 0 Å². The lowest BCUT2D eigenvalue weighted by atomic mass is 9.96. The summed E-state index contributed by atoms with van der Waals surface area (Å²) in [4.78, 5) is 17.5. The Hall–Kier alpha value is -2.36. The van der Waals surface area contributed by atoms with Gasteiger partial charge in [-0.15, -0.1) is 11.3 Å². The number of rotatable bonds is 4. The number of halogens is 1. The number of aromatic nitrogens is 1. The summed E-state index contributed by atoms with van der Waals surface area (Å²) >= 11 is 1.23. The normalized spacial score (nSPS) is 18.0. The Morgan fingerprint density at radius 1 is 1.36 bits per heavy atom. The molecule has 146 valence electrons. The Kier molecular flexibility index (Phi) is 4.68. The molecule has 6 nitrogen and oxygen atoms in total. The average molecular weight is 420 g/mol. The van der Waals surface area contributed by atoms with Crippen LogP contribution in [0.2, 0.25) is 0 Å². The van der Waals surface area contributed by atoms with E-state index in [1.54, 1.807) is 19.2 Å². The van der Waals surface area contributed by atoms with Crippen LogP contribution >= 0.6 is 11.3 Å². The lowest BCUT2D eigenvalue weighted by Gasteiger charge is -2.18. The van der Waals surface area contributed by atoms with E-state index in [1.165, 1.54) is 27.8 Å². The van der Waals surface area contributed by atoms with Crippen LogP contribution in [0.4, 0.5) is 4.39 Å². The number of thiophene rings is 1. The van der Waals surface area contributed by atoms with E-state index in [0.717, 1.165) is 17.0 Å². The third-order valence-corrected chi connectivity index (χ3v) is 8.21. The standard InChI is InChI=1S/C19H18FN3O3S2/c1-11-9-13(20)4-5-15(11)28(25,26)23-8-6-12(10-23)16-14-3-2-7-22-19(14)27-17(16)18(21)24/h2-5,7,9,12H,6,8,10H2,1H3,(H2,21,24)/t12-/m0/s1. The van der Waals surface area contributed by atoms with Crippen LogP contribution in [0.1, 0.15) is 33.1 Å². The Labute approximate surface area is 165 Å². The number of hydrogen-bond acceptors (Lipinski definition) is 5. The number of nitrogens with zero attached hydrogens (tertiary/aromatic N) is 2. The van der Waals surface area contributed by atoms with Gasteiger partial charge in [-0.25, -0.2) is 17.8 Å². The SMILES string of the molecule is Cc1cc(F)ccc1S(=O)(=O)N1CC[C@H](c2c(C(N)=O)sc3ncccc23)C1. The zero-order chi connectivity index (χ0) is 20.1. The van der Waals surface area contributed by atoms with Crippen LogP contribution in [0.25, 0.3) is 10.2 Å². The van der Waals surface area contributed by atoms with Gasteiger partial charge in [0, 0.05) is 30.6 Å². The van der Waals surface area contributed by atoms with Crippen molar-refractivity contribution in [2.45, 2.75) is 24.2 Å². The molecule has 1 aromatic carbocycles. The summed E-state index contributed by atoms with van der Waals surface area (Å²) in [6, 6.07) is 7.32. The molecule has 3 heterocycles. The molecule has 2 aromatic heterocycles. The molecule has 2 N–H and O–H groups in total. The molecule has 28 heavy (non-hydrogen) atoms. The Bertz CT molecular complexity index is 1190. The highest BCUT2D eigenvalue weighted by atomic mass is 32.2. The van der Waals surface area contributed by atoms with E-state index in [2.05, 4.69) is 4.98 Å². The van der Waals surface area contributed by atoms with E-state index in [4.69, 9.17) is 5.73 Å². The number of hydrogen-bond donors (Lipinski definition) is 1. The number of benzene rings is 1. The molecule has 3 aromatic rings. The summed E-state index contributed by atoms with van der Waals surface area (Å²) in [7, 11) is -3.76. The molecule has 0 saturated carbocycles. The summed E-state index contributed by atoms with van der Waals surface area (Å²) in [6.07, 6.45) is 2.22. The van der Waals surface area contributed by atoms with Gasteiger partial charge in [0.25, 0.3) is 5.91 Å². The highest BCUT2D eigenvalue weighted by Crippen LogP contribution is 2.40. The van der Waals surface area contributed by atoms with Crippen LogP contribution in [0.15, 0.2) is 41.4 Å². The van der Waals surface area contributed by atoms with Gasteiger partial charge >= 0.3 is 0 Å². The highest BCUT2D eigenvalue weighted by molar-refractivity contribution is 7.89. The largest absolute Gasteiger partial charge is 0.365 e. The maximum Gasteiger partial charge on any atom is 0.259 e. The molecule has 0 spiro atoms. The minimum atomic E-state index is -3.76. The van der Waals surface area contributed by atoms with E-state index in [1.807, 2.05) is 6.07 Å². The smallest absolute Gasteiger partial charge is 0.259 e. The van der Waals surface area contributed by atoms with Gasteiger partial charge in [-0.05, 0) is 48.7 Å². The van der Waals surface area contributed by atoms with Crippen LogP contribution in [-0.2, 0) is 10.0 Å². The monoisotopic (exact) mass is 419 g/mol. The molecule has 1 amide bonds. The maximum atomic E-state index is 13.4.